The fraction of sp³-hybridized carbons (Fsp3) is 0.308. The fourth-order valence-electron chi connectivity index (χ4n) is 4.69. The van der Waals surface area contributed by atoms with E-state index < -0.39 is 17.7 Å². The van der Waals surface area contributed by atoms with Gasteiger partial charge in [-0.1, -0.05) is 28.8 Å². The van der Waals surface area contributed by atoms with Gasteiger partial charge in [0.05, 0.1) is 29.6 Å². The quantitative estimate of drug-likeness (QED) is 0.342. The van der Waals surface area contributed by atoms with Crippen LogP contribution in [0, 0.1) is 18.6 Å². The van der Waals surface area contributed by atoms with Gasteiger partial charge in [0, 0.05) is 30.9 Å². The van der Waals surface area contributed by atoms with Crippen LogP contribution in [0.4, 0.5) is 19.4 Å². The number of amides is 2. The number of nitrogens with one attached hydrogen (secondary N) is 2. The zero-order chi connectivity index (χ0) is 26.6. The minimum atomic E-state index is -0.918. The second-order valence-corrected chi connectivity index (χ2v) is 9.64. The summed E-state index contributed by atoms with van der Waals surface area (Å²) in [5, 5.41) is 16.5. The smallest absolute Gasteiger partial charge is 0.320 e. The van der Waals surface area contributed by atoms with Gasteiger partial charge in [-0.2, -0.15) is 0 Å². The van der Waals surface area contributed by atoms with Gasteiger partial charge in [-0.05, 0) is 55.2 Å². The molecule has 2 aromatic carbocycles. The third-order valence-electron chi connectivity index (χ3n) is 6.47. The van der Waals surface area contributed by atoms with Crippen molar-refractivity contribution >= 4 is 23.4 Å². The predicted molar refractivity (Wildman–Crippen MR) is 140 cm³/mol. The first-order chi connectivity index (χ1) is 18.4. The van der Waals surface area contributed by atoms with Crippen LogP contribution in [0.15, 0.2) is 53.9 Å². The first kappa shape index (κ1) is 25.7. The summed E-state index contributed by atoms with van der Waals surface area (Å²) in [5.41, 5.74) is 2.87. The number of carbonyl (C=O) groups excluding carboxylic acids is 1. The van der Waals surface area contributed by atoms with Crippen molar-refractivity contribution in [2.45, 2.75) is 32.4 Å². The van der Waals surface area contributed by atoms with E-state index in [1.165, 1.54) is 17.6 Å². The molecule has 2 amide bonds. The summed E-state index contributed by atoms with van der Waals surface area (Å²) in [6.07, 6.45) is 0. The van der Waals surface area contributed by atoms with Crippen molar-refractivity contribution in [2.24, 2.45) is 0 Å². The number of likely N-dealkylation sites (tertiary alicyclic amines) is 1. The summed E-state index contributed by atoms with van der Waals surface area (Å²) in [6, 6.07) is 12.5. The van der Waals surface area contributed by atoms with E-state index in [2.05, 4.69) is 30.2 Å². The summed E-state index contributed by atoms with van der Waals surface area (Å²) in [5.74, 6) is -1.19. The van der Waals surface area contributed by atoms with E-state index in [0.717, 1.165) is 17.4 Å². The largest absolute Gasteiger partial charge is 0.477 e. The Hall–Kier alpha value is -3.90. The van der Waals surface area contributed by atoms with Crippen molar-refractivity contribution in [3.05, 3.63) is 82.4 Å². The third kappa shape index (κ3) is 5.50. The fourth-order valence-corrected chi connectivity index (χ4v) is 5.13. The Balaban J connectivity index is 1.38. The number of aromatic nitrogens is 4. The molecule has 0 unspecified atom stereocenters. The Morgan fingerprint density at radius 1 is 1.16 bits per heavy atom. The molecule has 9 nitrogen and oxygen atoms in total. The number of rotatable bonds is 8. The highest BCUT2D eigenvalue weighted by Crippen LogP contribution is 2.31. The zero-order valence-electron chi connectivity index (χ0n) is 20.9. The lowest BCUT2D eigenvalue weighted by atomic mass is 9.94. The average Bonchev–Trinajstić information content (AvgIpc) is 3.63. The number of nitrogens with zero attached hydrogens (tertiary/aromatic N) is 5. The average molecular weight is 540 g/mol. The van der Waals surface area contributed by atoms with Crippen LogP contribution in [0.25, 0.3) is 5.69 Å². The molecule has 12 heteroatoms. The van der Waals surface area contributed by atoms with Crippen molar-refractivity contribution in [3.63, 3.8) is 0 Å². The van der Waals surface area contributed by atoms with Crippen molar-refractivity contribution in [3.8, 4) is 11.6 Å². The molecule has 1 aliphatic heterocycles. The standard InChI is InChI=1S/C26H27F2N7O2S/c1-3-37-25-16(2)24(35(32-25)19-7-5-4-6-8-19)30-26(36)29-23-14-34(12-18-15-38-33-31-18)13-20(23)17-9-10-21(27)22(28)11-17/h4-11,15,20,23H,3,12-14H2,1-2H3,(H2,29,30,36)/t20-,23+/m0/s1. The molecule has 198 valence electrons. The molecule has 38 heavy (non-hydrogen) atoms. The summed E-state index contributed by atoms with van der Waals surface area (Å²) < 4.78 is 38.9. The lowest BCUT2D eigenvalue weighted by Crippen LogP contribution is -2.42. The maximum Gasteiger partial charge on any atom is 0.320 e. The van der Waals surface area contributed by atoms with Crippen LogP contribution < -0.4 is 15.4 Å². The van der Waals surface area contributed by atoms with Crippen LogP contribution in [0.1, 0.15) is 29.7 Å². The van der Waals surface area contributed by atoms with Crippen LogP contribution in [-0.2, 0) is 6.54 Å². The van der Waals surface area contributed by atoms with Gasteiger partial charge in [0.15, 0.2) is 11.6 Å². The molecular weight excluding hydrogens is 512 g/mol. The summed E-state index contributed by atoms with van der Waals surface area (Å²) in [4.78, 5) is 15.4. The van der Waals surface area contributed by atoms with E-state index in [-0.39, 0.29) is 12.0 Å². The van der Waals surface area contributed by atoms with Gasteiger partial charge in [0.1, 0.15) is 5.82 Å². The van der Waals surface area contributed by atoms with E-state index in [1.54, 1.807) is 10.7 Å². The first-order valence-corrected chi connectivity index (χ1v) is 13.0. The van der Waals surface area contributed by atoms with Crippen LogP contribution in [0.5, 0.6) is 5.88 Å². The molecule has 1 fully saturated rings. The number of benzene rings is 2. The van der Waals surface area contributed by atoms with E-state index in [1.807, 2.05) is 49.6 Å². The van der Waals surface area contributed by atoms with Gasteiger partial charge in [0.25, 0.3) is 0 Å². The molecule has 0 aliphatic carbocycles. The van der Waals surface area contributed by atoms with E-state index >= 15 is 0 Å². The lowest BCUT2D eigenvalue weighted by molar-refractivity contribution is 0.246. The number of hydrogen-bond donors (Lipinski definition) is 2. The number of anilines is 1. The number of hydrogen-bond acceptors (Lipinski definition) is 7. The van der Waals surface area contributed by atoms with E-state index in [4.69, 9.17) is 4.74 Å². The lowest BCUT2D eigenvalue weighted by Gasteiger charge is -2.21. The Morgan fingerprint density at radius 2 is 1.97 bits per heavy atom. The molecule has 3 heterocycles. The van der Waals surface area contributed by atoms with E-state index in [0.29, 0.717) is 49.1 Å². The molecule has 0 radical (unpaired) electrons. The Morgan fingerprint density at radius 3 is 2.68 bits per heavy atom. The highest BCUT2D eigenvalue weighted by Gasteiger charge is 2.36. The van der Waals surface area contributed by atoms with Gasteiger partial charge >= 0.3 is 6.03 Å². The monoisotopic (exact) mass is 539 g/mol. The molecule has 0 saturated carbocycles. The van der Waals surface area contributed by atoms with Crippen molar-refractivity contribution in [1.29, 1.82) is 0 Å². The molecule has 1 saturated heterocycles. The van der Waals surface area contributed by atoms with Gasteiger partial charge in [-0.3, -0.25) is 10.2 Å². The highest BCUT2D eigenvalue weighted by atomic mass is 32.1. The summed E-state index contributed by atoms with van der Waals surface area (Å²) in [7, 11) is 0. The van der Waals surface area contributed by atoms with Gasteiger partial charge in [-0.25, -0.2) is 18.3 Å². The van der Waals surface area contributed by atoms with Crippen LogP contribution in [-0.4, -0.2) is 56.0 Å². The Bertz CT molecular complexity index is 1400. The second-order valence-electron chi connectivity index (χ2n) is 9.03. The molecule has 2 atom stereocenters. The zero-order valence-corrected chi connectivity index (χ0v) is 21.7. The highest BCUT2D eigenvalue weighted by molar-refractivity contribution is 7.03. The number of urea groups is 1. The van der Waals surface area contributed by atoms with Crippen LogP contribution >= 0.6 is 11.5 Å². The number of ether oxygens (including phenoxy) is 1. The molecule has 2 aromatic heterocycles. The molecule has 0 bridgehead atoms. The maximum atomic E-state index is 14.1. The maximum absolute atomic E-state index is 14.1. The van der Waals surface area contributed by atoms with Crippen LogP contribution in [0.2, 0.25) is 0 Å². The van der Waals surface area contributed by atoms with Crippen LogP contribution in [0.3, 0.4) is 0 Å². The SMILES string of the molecule is CCOc1nn(-c2ccccc2)c(NC(=O)N[C@@H]2CN(Cc3csnn3)C[C@H]2c2ccc(F)c(F)c2)c1C. The number of halogens is 2. The van der Waals surface area contributed by atoms with Gasteiger partial charge in [-0.15, -0.1) is 10.2 Å². The molecule has 0 spiro atoms. The number of carbonyl (C=O) groups is 1. The van der Waals surface area contributed by atoms with Crippen molar-refractivity contribution < 1.29 is 18.3 Å². The van der Waals surface area contributed by atoms with E-state index in [9.17, 15) is 13.6 Å². The van der Waals surface area contributed by atoms with Gasteiger partial charge in [0.2, 0.25) is 5.88 Å². The van der Waals surface area contributed by atoms with Gasteiger partial charge < -0.3 is 10.1 Å². The predicted octanol–water partition coefficient (Wildman–Crippen LogP) is 4.50. The third-order valence-corrected chi connectivity index (χ3v) is 7.02. The molecule has 5 rings (SSSR count). The summed E-state index contributed by atoms with van der Waals surface area (Å²) in [6.45, 7) is 5.69. The Kier molecular flexibility index (Phi) is 7.61. The Labute approximate surface area is 222 Å². The molecular formula is C26H27F2N7O2S. The molecule has 2 N–H and O–H groups in total. The molecule has 1 aliphatic rings. The summed E-state index contributed by atoms with van der Waals surface area (Å²) >= 11 is 1.27. The van der Waals surface area contributed by atoms with Crippen molar-refractivity contribution in [2.75, 3.05) is 25.0 Å². The second kappa shape index (κ2) is 11.2. The minimum Gasteiger partial charge on any atom is -0.477 e. The number of para-hydroxylation sites is 1. The normalized spacial score (nSPS) is 17.5. The first-order valence-electron chi connectivity index (χ1n) is 12.2. The van der Waals surface area contributed by atoms with Crippen molar-refractivity contribution in [1.82, 2.24) is 29.6 Å². The minimum absolute atomic E-state index is 0.262. The topological polar surface area (TPSA) is 97.2 Å². The molecule has 4 aromatic rings.